The number of nitrogens with zero attached hydrogens (tertiary/aromatic N) is 2. The van der Waals surface area contributed by atoms with Crippen molar-refractivity contribution in [2.75, 3.05) is 39.3 Å². The second-order valence-electron chi connectivity index (χ2n) is 5.15. The van der Waals surface area contributed by atoms with E-state index >= 15 is 0 Å². The lowest BCUT2D eigenvalue weighted by atomic mass is 10.3. The highest BCUT2D eigenvalue weighted by Gasteiger charge is 2.20. The van der Waals surface area contributed by atoms with Crippen molar-refractivity contribution in [1.82, 2.24) is 20.4 Å². The van der Waals surface area contributed by atoms with Crippen molar-refractivity contribution in [3.63, 3.8) is 0 Å². The second kappa shape index (κ2) is 10.2. The van der Waals surface area contributed by atoms with Gasteiger partial charge in [-0.1, -0.05) is 26.7 Å². The maximum absolute atomic E-state index is 5.43. The van der Waals surface area contributed by atoms with Crippen molar-refractivity contribution < 1.29 is 0 Å². The Hall–Kier alpha value is -0.620. The number of nitrogens with one attached hydrogen (secondary N) is 2. The summed E-state index contributed by atoms with van der Waals surface area (Å²) in [6, 6.07) is 0. The summed E-state index contributed by atoms with van der Waals surface area (Å²) in [6.45, 7) is 10.1. The highest BCUT2D eigenvalue weighted by atomic mass is 32.1. The molecule has 6 heteroatoms. The lowest BCUT2D eigenvalue weighted by molar-refractivity contribution is 0.254. The average molecular weight is 317 g/mol. The third-order valence-corrected chi connectivity index (χ3v) is 4.27. The molecule has 4 nitrogen and oxygen atoms in total. The molecule has 2 N–H and O–H groups in total. The number of hydrogen-bond donors (Lipinski definition) is 2. The summed E-state index contributed by atoms with van der Waals surface area (Å²) in [4.78, 5) is 4.49. The van der Waals surface area contributed by atoms with E-state index in [-0.39, 0.29) is 0 Å². The monoisotopic (exact) mass is 316 g/mol. The summed E-state index contributed by atoms with van der Waals surface area (Å²) in [5, 5.41) is 8.44. The van der Waals surface area contributed by atoms with Crippen LogP contribution in [0.3, 0.4) is 0 Å². The standard InChI is InChI=1S/C14H28N4S2/c1-3-5-7-15-13(19)17-9-11-18(12-10-17)14(20)16-8-6-4-2/h3-12H2,1-2H3,(H,15,19)(H,16,20). The first-order valence-corrected chi connectivity index (χ1v) is 8.56. The molecule has 0 bridgehead atoms. The number of thiocarbonyl (C=S) groups is 2. The van der Waals surface area contributed by atoms with Gasteiger partial charge in [0.25, 0.3) is 0 Å². The Kier molecular flexibility index (Phi) is 8.85. The minimum Gasteiger partial charge on any atom is -0.363 e. The van der Waals surface area contributed by atoms with Crippen LogP contribution in [-0.2, 0) is 0 Å². The van der Waals surface area contributed by atoms with Gasteiger partial charge in [-0.2, -0.15) is 0 Å². The molecular weight excluding hydrogens is 288 g/mol. The van der Waals surface area contributed by atoms with Gasteiger partial charge in [-0.3, -0.25) is 0 Å². The molecule has 1 heterocycles. The van der Waals surface area contributed by atoms with Crippen LogP contribution in [0.15, 0.2) is 0 Å². The van der Waals surface area contributed by atoms with Crippen LogP contribution in [0.2, 0.25) is 0 Å². The van der Waals surface area contributed by atoms with Crippen molar-refractivity contribution in [2.24, 2.45) is 0 Å². The Morgan fingerprint density at radius 1 is 0.800 bits per heavy atom. The number of piperazine rings is 1. The molecule has 1 rings (SSSR count). The van der Waals surface area contributed by atoms with Crippen LogP contribution in [0.5, 0.6) is 0 Å². The van der Waals surface area contributed by atoms with E-state index in [9.17, 15) is 0 Å². The molecule has 0 aromatic rings. The van der Waals surface area contributed by atoms with Gasteiger partial charge in [0, 0.05) is 39.3 Å². The molecule has 116 valence electrons. The quantitative estimate of drug-likeness (QED) is 0.575. The zero-order chi connectivity index (χ0) is 14.8. The van der Waals surface area contributed by atoms with Crippen molar-refractivity contribution in [2.45, 2.75) is 39.5 Å². The van der Waals surface area contributed by atoms with E-state index in [1.54, 1.807) is 0 Å². The second-order valence-corrected chi connectivity index (χ2v) is 5.92. The third kappa shape index (κ3) is 6.22. The van der Waals surface area contributed by atoms with Crippen LogP contribution in [0.1, 0.15) is 39.5 Å². The van der Waals surface area contributed by atoms with Gasteiger partial charge in [-0.15, -0.1) is 0 Å². The van der Waals surface area contributed by atoms with E-state index < -0.39 is 0 Å². The molecule has 0 radical (unpaired) electrons. The van der Waals surface area contributed by atoms with Gasteiger partial charge >= 0.3 is 0 Å². The highest BCUT2D eigenvalue weighted by Crippen LogP contribution is 2.03. The topological polar surface area (TPSA) is 30.5 Å². The minimum atomic E-state index is 0.892. The molecule has 0 spiro atoms. The summed E-state index contributed by atoms with van der Waals surface area (Å²) in [5.41, 5.74) is 0. The Morgan fingerprint density at radius 2 is 1.15 bits per heavy atom. The Morgan fingerprint density at radius 3 is 1.45 bits per heavy atom. The smallest absolute Gasteiger partial charge is 0.169 e. The summed E-state index contributed by atoms with van der Waals surface area (Å²) >= 11 is 10.9. The lowest BCUT2D eigenvalue weighted by Crippen LogP contribution is -2.55. The summed E-state index contributed by atoms with van der Waals surface area (Å²) in [6.07, 6.45) is 4.74. The number of hydrogen-bond acceptors (Lipinski definition) is 2. The molecule has 0 amide bonds. The van der Waals surface area contributed by atoms with Gasteiger partial charge in [0.15, 0.2) is 10.2 Å². The molecule has 1 fully saturated rings. The van der Waals surface area contributed by atoms with E-state index in [0.29, 0.717) is 0 Å². The van der Waals surface area contributed by atoms with Crippen molar-refractivity contribution >= 4 is 34.7 Å². The summed E-state index contributed by atoms with van der Waals surface area (Å²) in [5.74, 6) is 0. The average Bonchev–Trinajstić information content (AvgIpc) is 2.47. The highest BCUT2D eigenvalue weighted by molar-refractivity contribution is 7.80. The van der Waals surface area contributed by atoms with Gasteiger partial charge in [-0.25, -0.2) is 0 Å². The Balaban J connectivity index is 2.21. The molecule has 1 aliphatic rings. The van der Waals surface area contributed by atoms with Crippen molar-refractivity contribution in [3.05, 3.63) is 0 Å². The fourth-order valence-corrected chi connectivity index (χ4v) is 2.65. The fourth-order valence-electron chi connectivity index (χ4n) is 2.08. The molecule has 1 aliphatic heterocycles. The van der Waals surface area contributed by atoms with Crippen LogP contribution in [0.4, 0.5) is 0 Å². The van der Waals surface area contributed by atoms with Crippen LogP contribution >= 0.6 is 24.4 Å². The molecule has 20 heavy (non-hydrogen) atoms. The van der Waals surface area contributed by atoms with Crippen LogP contribution in [0, 0.1) is 0 Å². The predicted octanol–water partition coefficient (Wildman–Crippen LogP) is 1.95. The first-order valence-electron chi connectivity index (χ1n) is 7.74. The zero-order valence-corrected chi connectivity index (χ0v) is 14.4. The van der Waals surface area contributed by atoms with Gasteiger partial charge in [-0.05, 0) is 37.3 Å². The largest absolute Gasteiger partial charge is 0.363 e. The van der Waals surface area contributed by atoms with Gasteiger partial charge < -0.3 is 20.4 Å². The molecule has 0 atom stereocenters. The molecule has 0 aliphatic carbocycles. The first kappa shape index (κ1) is 17.4. The maximum Gasteiger partial charge on any atom is 0.169 e. The van der Waals surface area contributed by atoms with Gasteiger partial charge in [0.2, 0.25) is 0 Å². The Bertz CT molecular complexity index is 272. The predicted molar refractivity (Wildman–Crippen MR) is 94.2 cm³/mol. The molecule has 0 aromatic heterocycles. The molecule has 1 saturated heterocycles. The number of rotatable bonds is 6. The maximum atomic E-state index is 5.43. The summed E-state index contributed by atoms with van der Waals surface area (Å²) < 4.78 is 0. The summed E-state index contributed by atoms with van der Waals surface area (Å²) in [7, 11) is 0. The molecular formula is C14H28N4S2. The van der Waals surface area contributed by atoms with Gasteiger partial charge in [0.05, 0.1) is 0 Å². The number of unbranched alkanes of at least 4 members (excludes halogenated alkanes) is 2. The molecule has 0 aromatic carbocycles. The SMILES string of the molecule is CCCCNC(=S)N1CCN(C(=S)NCCCC)CC1. The van der Waals surface area contributed by atoms with E-state index in [0.717, 1.165) is 49.5 Å². The zero-order valence-electron chi connectivity index (χ0n) is 12.8. The normalized spacial score (nSPS) is 15.1. The van der Waals surface area contributed by atoms with Crippen molar-refractivity contribution in [3.8, 4) is 0 Å². The van der Waals surface area contributed by atoms with E-state index in [2.05, 4.69) is 34.3 Å². The van der Waals surface area contributed by atoms with E-state index in [4.69, 9.17) is 24.4 Å². The van der Waals surface area contributed by atoms with Crippen LogP contribution in [0.25, 0.3) is 0 Å². The van der Waals surface area contributed by atoms with Gasteiger partial charge in [0.1, 0.15) is 0 Å². The Labute approximate surface area is 134 Å². The fraction of sp³-hybridized carbons (Fsp3) is 0.857. The lowest BCUT2D eigenvalue weighted by Gasteiger charge is -2.37. The van der Waals surface area contributed by atoms with Crippen LogP contribution < -0.4 is 10.6 Å². The minimum absolute atomic E-state index is 0.892. The molecule has 0 unspecified atom stereocenters. The van der Waals surface area contributed by atoms with E-state index in [1.807, 2.05) is 0 Å². The molecule has 0 saturated carbocycles. The first-order chi connectivity index (χ1) is 9.69. The van der Waals surface area contributed by atoms with Crippen molar-refractivity contribution in [1.29, 1.82) is 0 Å². The third-order valence-electron chi connectivity index (χ3n) is 3.47. The van der Waals surface area contributed by atoms with E-state index in [1.165, 1.54) is 25.7 Å². The van der Waals surface area contributed by atoms with Crippen LogP contribution in [-0.4, -0.2) is 59.3 Å².